The van der Waals surface area contributed by atoms with Gasteiger partial charge in [0.05, 0.1) is 6.10 Å². The fourth-order valence-electron chi connectivity index (χ4n) is 2.39. The summed E-state index contributed by atoms with van der Waals surface area (Å²) >= 11 is 0. The van der Waals surface area contributed by atoms with Crippen LogP contribution >= 0.6 is 0 Å². The first-order valence-corrected chi connectivity index (χ1v) is 6.52. The molecule has 1 N–H and O–H groups in total. The highest BCUT2D eigenvalue weighted by Crippen LogP contribution is 2.32. The van der Waals surface area contributed by atoms with Crippen molar-refractivity contribution in [3.05, 3.63) is 53.6 Å². The Labute approximate surface area is 112 Å². The second kappa shape index (κ2) is 5.36. The molecule has 1 heterocycles. The second-order valence-electron chi connectivity index (χ2n) is 4.72. The Hall–Kier alpha value is -1.94. The maximum absolute atomic E-state index is 9.99. The lowest BCUT2D eigenvalue weighted by Crippen LogP contribution is -2.09. The number of benzene rings is 1. The largest absolute Gasteiger partial charge is 0.486 e. The average Bonchev–Trinajstić information content (AvgIpc) is 2.47. The van der Waals surface area contributed by atoms with Gasteiger partial charge in [0.1, 0.15) is 12.4 Å². The molecule has 0 aliphatic heterocycles. The molecule has 0 fully saturated rings. The Morgan fingerprint density at radius 2 is 2.11 bits per heavy atom. The molecule has 4 heteroatoms. The monoisotopic (exact) mass is 256 g/mol. The highest BCUT2D eigenvalue weighted by molar-refractivity contribution is 5.38. The van der Waals surface area contributed by atoms with E-state index in [2.05, 4.69) is 9.97 Å². The Bertz CT molecular complexity index is 557. The summed E-state index contributed by atoms with van der Waals surface area (Å²) in [5, 5.41) is 9.99. The van der Waals surface area contributed by atoms with Crippen LogP contribution in [0.2, 0.25) is 0 Å². The number of aryl methyl sites for hydroxylation is 1. The van der Waals surface area contributed by atoms with Crippen molar-refractivity contribution in [2.24, 2.45) is 0 Å². The predicted molar refractivity (Wildman–Crippen MR) is 70.7 cm³/mol. The number of ether oxygens (including phenoxy) is 1. The van der Waals surface area contributed by atoms with E-state index in [1.807, 2.05) is 18.2 Å². The average molecular weight is 256 g/mol. The molecule has 1 atom stereocenters. The van der Waals surface area contributed by atoms with Gasteiger partial charge in [0.2, 0.25) is 0 Å². The lowest BCUT2D eigenvalue weighted by atomic mass is 9.89. The van der Waals surface area contributed by atoms with Crippen LogP contribution in [0.15, 0.2) is 36.7 Å². The van der Waals surface area contributed by atoms with Crippen molar-refractivity contribution in [3.8, 4) is 5.75 Å². The van der Waals surface area contributed by atoms with E-state index >= 15 is 0 Å². The number of hydrogen-bond donors (Lipinski definition) is 1. The minimum Gasteiger partial charge on any atom is -0.486 e. The first-order valence-electron chi connectivity index (χ1n) is 6.52. The normalized spacial score (nSPS) is 17.8. The van der Waals surface area contributed by atoms with Crippen LogP contribution in [0.25, 0.3) is 0 Å². The number of hydrogen-bond acceptors (Lipinski definition) is 4. The zero-order chi connectivity index (χ0) is 13.1. The lowest BCUT2D eigenvalue weighted by Gasteiger charge is -2.21. The molecule has 1 aliphatic rings. The third kappa shape index (κ3) is 2.74. The van der Waals surface area contributed by atoms with Crippen LogP contribution in [0.1, 0.15) is 35.9 Å². The summed E-state index contributed by atoms with van der Waals surface area (Å²) in [5.41, 5.74) is 2.22. The molecule has 3 rings (SSSR count). The summed E-state index contributed by atoms with van der Waals surface area (Å²) in [5.74, 6) is 1.41. The molecule has 0 unspecified atom stereocenters. The second-order valence-corrected chi connectivity index (χ2v) is 4.72. The van der Waals surface area contributed by atoms with Gasteiger partial charge in [-0.1, -0.05) is 6.07 Å². The van der Waals surface area contributed by atoms with E-state index in [1.54, 1.807) is 18.5 Å². The Morgan fingerprint density at radius 3 is 2.95 bits per heavy atom. The standard InChI is InChI=1S/C15H16N2O2/c18-14-4-1-3-11-5-6-12(9-13(11)14)19-10-15-16-7-2-8-17-15/h2,5-9,14,18H,1,3-4,10H2/t14-/m1/s1. The number of nitrogens with zero attached hydrogens (tertiary/aromatic N) is 2. The maximum atomic E-state index is 9.99. The van der Waals surface area contributed by atoms with Crippen molar-refractivity contribution in [2.75, 3.05) is 0 Å². The topological polar surface area (TPSA) is 55.2 Å². The molecular weight excluding hydrogens is 240 g/mol. The van der Waals surface area contributed by atoms with E-state index in [0.717, 1.165) is 30.6 Å². The van der Waals surface area contributed by atoms with Crippen LogP contribution in [0.3, 0.4) is 0 Å². The summed E-state index contributed by atoms with van der Waals surface area (Å²) in [7, 11) is 0. The van der Waals surface area contributed by atoms with Gasteiger partial charge in [0.25, 0.3) is 0 Å². The number of aromatic nitrogens is 2. The van der Waals surface area contributed by atoms with E-state index < -0.39 is 0 Å². The zero-order valence-corrected chi connectivity index (χ0v) is 10.6. The molecule has 0 spiro atoms. The van der Waals surface area contributed by atoms with Gasteiger partial charge in [-0.25, -0.2) is 9.97 Å². The fraction of sp³-hybridized carbons (Fsp3) is 0.333. The molecule has 1 aromatic carbocycles. The van der Waals surface area contributed by atoms with Crippen molar-refractivity contribution < 1.29 is 9.84 Å². The smallest absolute Gasteiger partial charge is 0.166 e. The van der Waals surface area contributed by atoms with Crippen LogP contribution in [0.5, 0.6) is 5.75 Å². The van der Waals surface area contributed by atoms with Gasteiger partial charge in [0.15, 0.2) is 5.82 Å². The van der Waals surface area contributed by atoms with Gasteiger partial charge < -0.3 is 9.84 Å². The van der Waals surface area contributed by atoms with E-state index in [1.165, 1.54) is 5.56 Å². The van der Waals surface area contributed by atoms with E-state index in [9.17, 15) is 5.11 Å². The number of fused-ring (bicyclic) bond motifs is 1. The predicted octanol–water partition coefficient (Wildman–Crippen LogP) is 2.43. The van der Waals surface area contributed by atoms with E-state index in [4.69, 9.17) is 4.74 Å². The third-order valence-corrected chi connectivity index (χ3v) is 3.39. The van der Waals surface area contributed by atoms with Crippen LogP contribution < -0.4 is 4.74 Å². The van der Waals surface area contributed by atoms with E-state index in [-0.39, 0.29) is 6.10 Å². The lowest BCUT2D eigenvalue weighted by molar-refractivity contribution is 0.156. The highest BCUT2D eigenvalue weighted by atomic mass is 16.5. The molecule has 0 saturated carbocycles. The minimum atomic E-state index is -0.361. The van der Waals surface area contributed by atoms with Crippen molar-refractivity contribution in [1.29, 1.82) is 0 Å². The third-order valence-electron chi connectivity index (χ3n) is 3.39. The zero-order valence-electron chi connectivity index (χ0n) is 10.6. The summed E-state index contributed by atoms with van der Waals surface area (Å²) in [6.07, 6.45) is 5.95. The van der Waals surface area contributed by atoms with Gasteiger partial charge in [-0.15, -0.1) is 0 Å². The van der Waals surface area contributed by atoms with Crippen molar-refractivity contribution in [3.63, 3.8) is 0 Å². The van der Waals surface area contributed by atoms with Gasteiger partial charge in [0, 0.05) is 12.4 Å². The van der Waals surface area contributed by atoms with Gasteiger partial charge in [-0.05, 0) is 48.6 Å². The summed E-state index contributed by atoms with van der Waals surface area (Å²) in [4.78, 5) is 8.22. The Morgan fingerprint density at radius 1 is 1.26 bits per heavy atom. The van der Waals surface area contributed by atoms with Gasteiger partial charge in [-0.3, -0.25) is 0 Å². The van der Waals surface area contributed by atoms with E-state index in [0.29, 0.717) is 12.4 Å². The molecule has 0 saturated heterocycles. The van der Waals surface area contributed by atoms with Crippen molar-refractivity contribution in [2.45, 2.75) is 32.0 Å². The number of aliphatic hydroxyl groups is 1. The van der Waals surface area contributed by atoms with Crippen LogP contribution in [0.4, 0.5) is 0 Å². The first kappa shape index (κ1) is 12.1. The Balaban J connectivity index is 1.74. The SMILES string of the molecule is O[C@@H]1CCCc2ccc(OCc3ncccn3)cc21. The van der Waals surface area contributed by atoms with Crippen LogP contribution in [-0.4, -0.2) is 15.1 Å². The summed E-state index contributed by atoms with van der Waals surface area (Å²) in [6.45, 7) is 0.343. The molecule has 1 aliphatic carbocycles. The number of aliphatic hydroxyl groups excluding tert-OH is 1. The molecule has 0 bridgehead atoms. The minimum absolute atomic E-state index is 0.343. The maximum Gasteiger partial charge on any atom is 0.166 e. The first-order chi connectivity index (χ1) is 9.33. The molecule has 4 nitrogen and oxygen atoms in total. The van der Waals surface area contributed by atoms with Crippen LogP contribution in [-0.2, 0) is 13.0 Å². The summed E-state index contributed by atoms with van der Waals surface area (Å²) in [6, 6.07) is 7.69. The Kier molecular flexibility index (Phi) is 3.42. The molecule has 2 aromatic rings. The molecule has 19 heavy (non-hydrogen) atoms. The van der Waals surface area contributed by atoms with Gasteiger partial charge >= 0.3 is 0 Å². The van der Waals surface area contributed by atoms with Crippen molar-refractivity contribution >= 4 is 0 Å². The molecule has 1 aromatic heterocycles. The van der Waals surface area contributed by atoms with Crippen molar-refractivity contribution in [1.82, 2.24) is 9.97 Å². The highest BCUT2D eigenvalue weighted by Gasteiger charge is 2.18. The van der Waals surface area contributed by atoms with Gasteiger partial charge in [-0.2, -0.15) is 0 Å². The quantitative estimate of drug-likeness (QED) is 0.916. The number of rotatable bonds is 3. The molecule has 98 valence electrons. The molecule has 0 amide bonds. The molecule has 0 radical (unpaired) electrons. The van der Waals surface area contributed by atoms with Crippen LogP contribution in [0, 0.1) is 0 Å². The molecular formula is C15H16N2O2. The fourth-order valence-corrected chi connectivity index (χ4v) is 2.39. The summed E-state index contributed by atoms with van der Waals surface area (Å²) < 4.78 is 5.67.